The van der Waals surface area contributed by atoms with Crippen LogP contribution in [-0.2, 0) is 4.79 Å². The average Bonchev–Trinajstić information content (AvgIpc) is 2.83. The smallest absolute Gasteiger partial charge is 0.308 e. The van der Waals surface area contributed by atoms with Gasteiger partial charge in [-0.3, -0.25) is 4.79 Å². The second-order valence-electron chi connectivity index (χ2n) is 3.98. The van der Waals surface area contributed by atoms with Crippen molar-refractivity contribution in [2.24, 2.45) is 0 Å². The van der Waals surface area contributed by atoms with E-state index in [2.05, 4.69) is 0 Å². The minimum absolute atomic E-state index is 0.130. The Morgan fingerprint density at radius 2 is 1.89 bits per heavy atom. The molecule has 0 unspecified atom stereocenters. The quantitative estimate of drug-likeness (QED) is 0.525. The zero-order valence-electron chi connectivity index (χ0n) is 9.64. The van der Waals surface area contributed by atoms with Gasteiger partial charge >= 0.3 is 5.97 Å². The minimum Gasteiger partial charge on any atom is -0.507 e. The Morgan fingerprint density at radius 3 is 2.61 bits per heavy atom. The van der Waals surface area contributed by atoms with Crippen molar-refractivity contribution >= 4 is 27.7 Å². The first kappa shape index (κ1) is 10.7. The molecule has 0 radical (unpaired) electrons. The third-order valence-corrected chi connectivity index (χ3v) is 2.80. The van der Waals surface area contributed by atoms with Crippen LogP contribution in [-0.4, -0.2) is 11.1 Å². The maximum atomic E-state index is 11.2. The fraction of sp³-hybridized carbons (Fsp3) is 0.0714. The molecule has 0 aliphatic carbocycles. The fourth-order valence-electron chi connectivity index (χ4n) is 2.07. The Balaban J connectivity index is 2.50. The van der Waals surface area contributed by atoms with E-state index in [1.165, 1.54) is 13.2 Å². The van der Waals surface area contributed by atoms with Gasteiger partial charge in [0.2, 0.25) is 0 Å². The van der Waals surface area contributed by atoms with Crippen molar-refractivity contribution in [1.82, 2.24) is 0 Å². The van der Waals surface area contributed by atoms with Crippen molar-refractivity contribution < 1.29 is 19.1 Å². The Bertz CT molecular complexity index is 755. The van der Waals surface area contributed by atoms with E-state index in [4.69, 9.17) is 9.15 Å². The number of rotatable bonds is 1. The van der Waals surface area contributed by atoms with Gasteiger partial charge < -0.3 is 14.3 Å². The summed E-state index contributed by atoms with van der Waals surface area (Å²) < 4.78 is 10.5. The van der Waals surface area contributed by atoms with Crippen LogP contribution >= 0.6 is 0 Å². The van der Waals surface area contributed by atoms with E-state index in [1.54, 1.807) is 18.2 Å². The number of phenolic OH excluding ortho intramolecular Hbond substituents is 1. The van der Waals surface area contributed by atoms with Crippen LogP contribution in [0, 0.1) is 0 Å². The highest BCUT2D eigenvalue weighted by atomic mass is 16.5. The number of phenols is 1. The van der Waals surface area contributed by atoms with E-state index in [-0.39, 0.29) is 5.75 Å². The number of aromatic hydroxyl groups is 1. The summed E-state index contributed by atoms with van der Waals surface area (Å²) >= 11 is 0. The monoisotopic (exact) mass is 242 g/mol. The summed E-state index contributed by atoms with van der Waals surface area (Å²) in [5.41, 5.74) is 0.376. The van der Waals surface area contributed by atoms with Crippen LogP contribution in [0.2, 0.25) is 0 Å². The predicted octanol–water partition coefficient (Wildman–Crippen LogP) is 3.22. The molecule has 0 saturated heterocycles. The highest BCUT2D eigenvalue weighted by Gasteiger charge is 2.17. The van der Waals surface area contributed by atoms with Gasteiger partial charge in [0.05, 0.1) is 11.6 Å². The molecule has 3 aromatic rings. The molecule has 18 heavy (non-hydrogen) atoms. The van der Waals surface area contributed by atoms with Crippen LogP contribution < -0.4 is 4.74 Å². The van der Waals surface area contributed by atoms with Gasteiger partial charge in [-0.05, 0) is 6.07 Å². The third kappa shape index (κ3) is 1.43. The second kappa shape index (κ2) is 3.77. The van der Waals surface area contributed by atoms with E-state index in [0.29, 0.717) is 27.5 Å². The molecular formula is C14H10O4. The molecular weight excluding hydrogens is 232 g/mol. The lowest BCUT2D eigenvalue weighted by molar-refractivity contribution is -0.131. The van der Waals surface area contributed by atoms with E-state index in [9.17, 15) is 9.90 Å². The summed E-state index contributed by atoms with van der Waals surface area (Å²) in [7, 11) is 0. The van der Waals surface area contributed by atoms with Crippen molar-refractivity contribution in [3.05, 3.63) is 36.6 Å². The van der Waals surface area contributed by atoms with Crippen molar-refractivity contribution in [1.29, 1.82) is 0 Å². The molecule has 0 atom stereocenters. The highest BCUT2D eigenvalue weighted by Crippen LogP contribution is 2.42. The topological polar surface area (TPSA) is 59.7 Å². The van der Waals surface area contributed by atoms with Crippen LogP contribution in [0.1, 0.15) is 6.92 Å². The lowest BCUT2D eigenvalue weighted by atomic mass is 10.1. The van der Waals surface area contributed by atoms with Gasteiger partial charge in [-0.25, -0.2) is 0 Å². The second-order valence-corrected chi connectivity index (χ2v) is 3.98. The Kier molecular flexibility index (Phi) is 2.23. The molecule has 0 bridgehead atoms. The fourth-order valence-corrected chi connectivity index (χ4v) is 2.07. The van der Waals surface area contributed by atoms with E-state index >= 15 is 0 Å². The molecule has 0 spiro atoms. The normalized spacial score (nSPS) is 10.9. The molecule has 4 nitrogen and oxygen atoms in total. The lowest BCUT2D eigenvalue weighted by Crippen LogP contribution is -2.02. The number of hydrogen-bond acceptors (Lipinski definition) is 4. The maximum absolute atomic E-state index is 11.2. The number of furan rings is 1. The molecule has 1 aromatic heterocycles. The molecule has 0 aliphatic heterocycles. The minimum atomic E-state index is -0.427. The molecule has 1 N–H and O–H groups in total. The van der Waals surface area contributed by atoms with Gasteiger partial charge in [0.1, 0.15) is 5.75 Å². The molecule has 0 saturated carbocycles. The first-order chi connectivity index (χ1) is 8.68. The van der Waals surface area contributed by atoms with E-state index in [1.807, 2.05) is 12.1 Å². The lowest BCUT2D eigenvalue weighted by Gasteiger charge is -2.08. The van der Waals surface area contributed by atoms with E-state index in [0.717, 1.165) is 0 Å². The number of benzene rings is 2. The summed E-state index contributed by atoms with van der Waals surface area (Å²) in [5, 5.41) is 12.0. The van der Waals surface area contributed by atoms with Gasteiger partial charge in [0.25, 0.3) is 0 Å². The first-order valence-electron chi connectivity index (χ1n) is 5.48. The summed E-state index contributed by atoms with van der Waals surface area (Å²) in [6, 6.07) is 8.80. The molecule has 1 heterocycles. The zero-order chi connectivity index (χ0) is 12.7. The largest absolute Gasteiger partial charge is 0.507 e. The highest BCUT2D eigenvalue weighted by molar-refractivity contribution is 6.09. The van der Waals surface area contributed by atoms with Crippen LogP contribution in [0.4, 0.5) is 0 Å². The number of carbonyl (C=O) groups excluding carboxylic acids is 1. The summed E-state index contributed by atoms with van der Waals surface area (Å²) in [6.07, 6.45) is 1.45. The number of hydrogen-bond donors (Lipinski definition) is 1. The number of carbonyl (C=O) groups is 1. The van der Waals surface area contributed by atoms with Crippen molar-refractivity contribution in [2.75, 3.05) is 0 Å². The number of esters is 1. The molecule has 3 rings (SSSR count). The van der Waals surface area contributed by atoms with Gasteiger partial charge in [0.15, 0.2) is 11.3 Å². The van der Waals surface area contributed by atoms with E-state index < -0.39 is 5.97 Å². The van der Waals surface area contributed by atoms with Crippen molar-refractivity contribution in [2.45, 2.75) is 6.92 Å². The molecule has 2 aromatic carbocycles. The van der Waals surface area contributed by atoms with Gasteiger partial charge in [-0.1, -0.05) is 24.3 Å². The predicted molar refractivity (Wildman–Crippen MR) is 66.7 cm³/mol. The Morgan fingerprint density at radius 1 is 1.17 bits per heavy atom. The first-order valence-corrected chi connectivity index (χ1v) is 5.48. The van der Waals surface area contributed by atoms with Crippen LogP contribution in [0.15, 0.2) is 41.0 Å². The summed E-state index contributed by atoms with van der Waals surface area (Å²) in [5.74, 6) is 0.0460. The standard InChI is InChI=1S/C14H10O4/c1-8(15)18-14-10-5-3-2-4-9(10)12(16)11-6-7-17-13(11)14/h2-7,16H,1H3. The van der Waals surface area contributed by atoms with Gasteiger partial charge in [0, 0.05) is 17.7 Å². The summed E-state index contributed by atoms with van der Waals surface area (Å²) in [6.45, 7) is 1.33. The van der Waals surface area contributed by atoms with Crippen molar-refractivity contribution in [3.8, 4) is 11.5 Å². The summed E-state index contributed by atoms with van der Waals surface area (Å²) in [4.78, 5) is 11.2. The molecule has 0 aliphatic rings. The molecule has 4 heteroatoms. The number of fused-ring (bicyclic) bond motifs is 2. The van der Waals surface area contributed by atoms with Crippen LogP contribution in [0.5, 0.6) is 11.5 Å². The molecule has 90 valence electrons. The molecule has 0 amide bonds. The third-order valence-electron chi connectivity index (χ3n) is 2.80. The Hall–Kier alpha value is -2.49. The van der Waals surface area contributed by atoms with Gasteiger partial charge in [-0.2, -0.15) is 0 Å². The average molecular weight is 242 g/mol. The van der Waals surface area contributed by atoms with Crippen LogP contribution in [0.3, 0.4) is 0 Å². The Labute approximate surface area is 102 Å². The van der Waals surface area contributed by atoms with Gasteiger partial charge in [-0.15, -0.1) is 0 Å². The SMILES string of the molecule is CC(=O)Oc1c2ccccc2c(O)c2ccoc12. The van der Waals surface area contributed by atoms with Crippen molar-refractivity contribution in [3.63, 3.8) is 0 Å². The number of ether oxygens (including phenoxy) is 1. The zero-order valence-corrected chi connectivity index (χ0v) is 9.64. The van der Waals surface area contributed by atoms with Crippen LogP contribution in [0.25, 0.3) is 21.7 Å². The molecule has 0 fully saturated rings. The maximum Gasteiger partial charge on any atom is 0.308 e.